The molecular formula is C15H19N3O2S3. The van der Waals surface area contributed by atoms with Gasteiger partial charge in [-0.05, 0) is 37.7 Å². The number of thioether (sulfide) groups is 1. The van der Waals surface area contributed by atoms with E-state index in [0.717, 1.165) is 16.4 Å². The lowest BCUT2D eigenvalue weighted by atomic mass is 10.3. The number of para-hydroxylation sites is 1. The summed E-state index contributed by atoms with van der Waals surface area (Å²) in [4.78, 5) is 12.0. The molecule has 2 rings (SSSR count). The van der Waals surface area contributed by atoms with Crippen LogP contribution in [0.15, 0.2) is 34.7 Å². The zero-order valence-corrected chi connectivity index (χ0v) is 15.5. The van der Waals surface area contributed by atoms with Crippen LogP contribution in [-0.4, -0.2) is 41.2 Å². The average molecular weight is 370 g/mol. The number of carbonyl (C=O) groups is 1. The fraction of sp³-hybridized carbons (Fsp3) is 0.400. The Hall–Kier alpha value is -1.22. The number of methoxy groups -OCH3 is 1. The van der Waals surface area contributed by atoms with Crippen molar-refractivity contribution in [3.8, 4) is 5.69 Å². The normalized spacial score (nSPS) is 12.1. The number of nitrogens with one attached hydrogen (secondary N) is 1. The van der Waals surface area contributed by atoms with Crippen LogP contribution in [0.1, 0.15) is 13.3 Å². The van der Waals surface area contributed by atoms with Crippen LogP contribution < -0.4 is 5.32 Å². The first kappa shape index (κ1) is 18.1. The van der Waals surface area contributed by atoms with Crippen LogP contribution in [0, 0.1) is 3.95 Å². The van der Waals surface area contributed by atoms with E-state index in [-0.39, 0.29) is 11.2 Å². The van der Waals surface area contributed by atoms with Gasteiger partial charge < -0.3 is 10.1 Å². The molecule has 1 aromatic carbocycles. The molecule has 0 fully saturated rings. The molecule has 23 heavy (non-hydrogen) atoms. The highest BCUT2D eigenvalue weighted by Crippen LogP contribution is 2.27. The maximum absolute atomic E-state index is 12.0. The smallest absolute Gasteiger partial charge is 0.233 e. The van der Waals surface area contributed by atoms with E-state index in [0.29, 0.717) is 17.1 Å². The number of aromatic nitrogens is 2. The zero-order chi connectivity index (χ0) is 16.7. The van der Waals surface area contributed by atoms with Crippen LogP contribution in [-0.2, 0) is 9.53 Å². The molecule has 0 spiro atoms. The van der Waals surface area contributed by atoms with Crippen molar-refractivity contribution in [3.05, 3.63) is 34.3 Å². The first-order chi connectivity index (χ1) is 11.1. The van der Waals surface area contributed by atoms with Gasteiger partial charge in [-0.25, -0.2) is 4.68 Å². The second-order valence-electron chi connectivity index (χ2n) is 4.78. The Morgan fingerprint density at radius 3 is 2.91 bits per heavy atom. The van der Waals surface area contributed by atoms with Gasteiger partial charge >= 0.3 is 0 Å². The average Bonchev–Trinajstić information content (AvgIpc) is 2.92. The Bertz CT molecular complexity index is 685. The molecule has 1 heterocycles. The fourth-order valence-electron chi connectivity index (χ4n) is 1.82. The van der Waals surface area contributed by atoms with Gasteiger partial charge in [0.2, 0.25) is 5.91 Å². The Morgan fingerprint density at radius 1 is 1.48 bits per heavy atom. The summed E-state index contributed by atoms with van der Waals surface area (Å²) in [6, 6.07) is 9.75. The summed E-state index contributed by atoms with van der Waals surface area (Å²) >= 11 is 8.20. The zero-order valence-electron chi connectivity index (χ0n) is 13.0. The van der Waals surface area contributed by atoms with Crippen LogP contribution in [0.25, 0.3) is 5.69 Å². The summed E-state index contributed by atoms with van der Waals surface area (Å²) in [5.41, 5.74) is 0.928. The molecule has 2 aromatic rings. The highest BCUT2D eigenvalue weighted by Gasteiger charge is 2.17. The van der Waals surface area contributed by atoms with Crippen molar-refractivity contribution in [2.75, 3.05) is 20.3 Å². The molecule has 1 aromatic heterocycles. The van der Waals surface area contributed by atoms with E-state index < -0.39 is 0 Å². The molecule has 5 nitrogen and oxygen atoms in total. The molecule has 0 saturated carbocycles. The molecule has 1 N–H and O–H groups in total. The van der Waals surface area contributed by atoms with Gasteiger partial charge in [-0.1, -0.05) is 41.3 Å². The summed E-state index contributed by atoms with van der Waals surface area (Å²) in [5, 5.41) is 7.18. The number of hydrogen-bond donors (Lipinski definition) is 1. The van der Waals surface area contributed by atoms with Crippen molar-refractivity contribution in [2.24, 2.45) is 0 Å². The summed E-state index contributed by atoms with van der Waals surface area (Å²) in [6.07, 6.45) is 0.807. The first-order valence-corrected chi connectivity index (χ1v) is 9.31. The van der Waals surface area contributed by atoms with E-state index in [4.69, 9.17) is 17.0 Å². The van der Waals surface area contributed by atoms with E-state index in [2.05, 4.69) is 10.4 Å². The van der Waals surface area contributed by atoms with Gasteiger partial charge in [0, 0.05) is 20.3 Å². The minimum Gasteiger partial charge on any atom is -0.385 e. The van der Waals surface area contributed by atoms with Crippen LogP contribution in [0.3, 0.4) is 0 Å². The number of benzene rings is 1. The Labute approximate surface area is 149 Å². The maximum Gasteiger partial charge on any atom is 0.233 e. The number of nitrogens with zero attached hydrogens (tertiary/aromatic N) is 2. The molecule has 0 aliphatic rings. The maximum atomic E-state index is 12.0. The van der Waals surface area contributed by atoms with Gasteiger partial charge in [-0.3, -0.25) is 4.79 Å². The van der Waals surface area contributed by atoms with Crippen LogP contribution in [0.4, 0.5) is 0 Å². The summed E-state index contributed by atoms with van der Waals surface area (Å²) in [5.74, 6) is -0.00141. The quantitative estimate of drug-likeness (QED) is 0.440. The van der Waals surface area contributed by atoms with Gasteiger partial charge in [0.1, 0.15) is 0 Å². The van der Waals surface area contributed by atoms with Gasteiger partial charge in [0.25, 0.3) is 0 Å². The monoisotopic (exact) mass is 369 g/mol. The van der Waals surface area contributed by atoms with E-state index in [1.54, 1.807) is 11.8 Å². The minimum atomic E-state index is -0.220. The van der Waals surface area contributed by atoms with Crippen molar-refractivity contribution >= 4 is 41.2 Å². The van der Waals surface area contributed by atoms with Crippen LogP contribution >= 0.6 is 35.3 Å². The van der Waals surface area contributed by atoms with Crippen molar-refractivity contribution in [1.82, 2.24) is 15.1 Å². The molecule has 0 aliphatic heterocycles. The topological polar surface area (TPSA) is 56.1 Å². The van der Waals surface area contributed by atoms with E-state index in [1.807, 2.05) is 37.3 Å². The van der Waals surface area contributed by atoms with Gasteiger partial charge in [0.15, 0.2) is 8.29 Å². The minimum absolute atomic E-state index is 0.00141. The predicted molar refractivity (Wildman–Crippen MR) is 97.1 cm³/mol. The highest BCUT2D eigenvalue weighted by atomic mass is 32.2. The molecule has 124 valence electrons. The molecule has 0 saturated heterocycles. The van der Waals surface area contributed by atoms with Crippen molar-refractivity contribution in [1.29, 1.82) is 0 Å². The molecule has 1 amide bonds. The van der Waals surface area contributed by atoms with Crippen molar-refractivity contribution < 1.29 is 9.53 Å². The SMILES string of the molecule is COCCCNC(=O)C(C)Sc1nn(-c2ccccc2)c(=S)s1. The third-order valence-corrected chi connectivity index (χ3v) is 5.42. The lowest BCUT2D eigenvalue weighted by Gasteiger charge is -2.09. The molecule has 1 unspecified atom stereocenters. The number of carbonyl (C=O) groups excluding carboxylic acids is 1. The third kappa shape index (κ3) is 5.42. The summed E-state index contributed by atoms with van der Waals surface area (Å²) < 4.78 is 8.15. The standard InChI is InChI=1S/C15H19N3O2S3/c1-11(13(19)16-9-6-10-20-2)22-14-17-18(15(21)23-14)12-7-4-3-5-8-12/h3-5,7-8,11H,6,9-10H2,1-2H3,(H,16,19). The lowest BCUT2D eigenvalue weighted by molar-refractivity contribution is -0.120. The summed E-state index contributed by atoms with van der Waals surface area (Å²) in [7, 11) is 1.65. The Balaban J connectivity index is 1.95. The lowest BCUT2D eigenvalue weighted by Crippen LogP contribution is -2.32. The highest BCUT2D eigenvalue weighted by molar-refractivity contribution is 8.02. The van der Waals surface area contributed by atoms with E-state index >= 15 is 0 Å². The van der Waals surface area contributed by atoms with Gasteiger partial charge in [0.05, 0.1) is 10.9 Å². The Morgan fingerprint density at radius 2 is 2.22 bits per heavy atom. The van der Waals surface area contributed by atoms with E-state index in [1.165, 1.54) is 23.1 Å². The second-order valence-corrected chi connectivity index (χ2v) is 7.99. The molecule has 0 bridgehead atoms. The number of hydrogen-bond acceptors (Lipinski definition) is 6. The largest absolute Gasteiger partial charge is 0.385 e. The second kappa shape index (κ2) is 9.17. The first-order valence-electron chi connectivity index (χ1n) is 7.20. The molecule has 0 aliphatic carbocycles. The van der Waals surface area contributed by atoms with Crippen LogP contribution in [0.2, 0.25) is 0 Å². The number of ether oxygens (including phenoxy) is 1. The third-order valence-electron chi connectivity index (χ3n) is 3.00. The predicted octanol–water partition coefficient (Wildman–Crippen LogP) is 3.30. The molecule has 1 atom stereocenters. The number of amides is 1. The van der Waals surface area contributed by atoms with Crippen molar-refractivity contribution in [2.45, 2.75) is 22.9 Å². The number of rotatable bonds is 8. The van der Waals surface area contributed by atoms with Gasteiger partial charge in [-0.15, -0.1) is 5.10 Å². The molecular weight excluding hydrogens is 350 g/mol. The molecule has 0 radical (unpaired) electrons. The van der Waals surface area contributed by atoms with Crippen LogP contribution in [0.5, 0.6) is 0 Å². The fourth-order valence-corrected chi connectivity index (χ4v) is 4.35. The summed E-state index contributed by atoms with van der Waals surface area (Å²) in [6.45, 7) is 3.13. The Kier molecular flexibility index (Phi) is 7.22. The molecule has 8 heteroatoms. The van der Waals surface area contributed by atoms with Crippen molar-refractivity contribution in [3.63, 3.8) is 0 Å². The van der Waals surface area contributed by atoms with Gasteiger partial charge in [-0.2, -0.15) is 0 Å². The van der Waals surface area contributed by atoms with E-state index in [9.17, 15) is 4.79 Å².